The lowest BCUT2D eigenvalue weighted by atomic mass is 9.45. The van der Waals surface area contributed by atoms with Crippen LogP contribution in [0.25, 0.3) is 0 Å². The van der Waals surface area contributed by atoms with Gasteiger partial charge < -0.3 is 15.1 Å². The Bertz CT molecular complexity index is 706. The van der Waals surface area contributed by atoms with Crippen LogP contribution in [0.2, 0.25) is 0 Å². The third-order valence-electron chi connectivity index (χ3n) is 7.89. The molecule has 1 aliphatic heterocycles. The van der Waals surface area contributed by atoms with Gasteiger partial charge in [0.25, 0.3) is 0 Å². The Morgan fingerprint density at radius 2 is 1.63 bits per heavy atom. The van der Waals surface area contributed by atoms with Crippen molar-refractivity contribution in [3.05, 3.63) is 35.4 Å². The van der Waals surface area contributed by atoms with Crippen molar-refractivity contribution >= 4 is 6.03 Å². The van der Waals surface area contributed by atoms with Gasteiger partial charge in [-0.05, 0) is 75.3 Å². The topological polar surface area (TPSA) is 35.6 Å². The van der Waals surface area contributed by atoms with E-state index in [0.29, 0.717) is 0 Å². The summed E-state index contributed by atoms with van der Waals surface area (Å²) in [6.45, 7) is 5.85. The molecule has 0 aromatic heterocycles. The van der Waals surface area contributed by atoms with E-state index in [0.717, 1.165) is 44.4 Å². The smallest absolute Gasteiger partial charge is 0.317 e. The number of carbonyl (C=O) groups excluding carboxylic acids is 1. The van der Waals surface area contributed by atoms with Crippen LogP contribution >= 0.6 is 0 Å². The Hall–Kier alpha value is -1.55. The number of aryl methyl sites for hydroxylation is 1. The fourth-order valence-electron chi connectivity index (χ4n) is 6.97. The lowest BCUT2D eigenvalue weighted by Gasteiger charge is -2.62. The molecule has 2 atom stereocenters. The number of benzene rings is 1. The van der Waals surface area contributed by atoms with Crippen molar-refractivity contribution in [2.45, 2.75) is 56.4 Å². The van der Waals surface area contributed by atoms with Crippen molar-refractivity contribution in [3.8, 4) is 0 Å². The minimum atomic E-state index is 0.0232. The number of nitrogens with one attached hydrogen (secondary N) is 1. The molecular formula is C23H33N3O. The Balaban J connectivity index is 1.38. The van der Waals surface area contributed by atoms with Gasteiger partial charge in [-0.15, -0.1) is 0 Å². The highest BCUT2D eigenvalue weighted by atomic mass is 16.2. The average Bonchev–Trinajstić information content (AvgIpc) is 2.61. The van der Waals surface area contributed by atoms with Crippen LogP contribution in [-0.4, -0.2) is 54.6 Å². The molecule has 4 heteroatoms. The highest BCUT2D eigenvalue weighted by Crippen LogP contribution is 2.62. The molecule has 1 saturated heterocycles. The second-order valence-corrected chi connectivity index (χ2v) is 10.1. The van der Waals surface area contributed by atoms with Crippen LogP contribution in [0, 0.1) is 18.8 Å². The number of carbonyl (C=O) groups is 1. The first kappa shape index (κ1) is 17.5. The molecule has 5 fully saturated rings. The van der Waals surface area contributed by atoms with E-state index in [2.05, 4.69) is 48.5 Å². The number of rotatable bonds is 2. The van der Waals surface area contributed by atoms with Crippen molar-refractivity contribution in [3.63, 3.8) is 0 Å². The molecule has 5 aliphatic rings. The SMILES string of the molecule is Cc1ccc(C23C[C@H]4C[C@@H](CC(NC(=O)N5CCN(C)CC5)(C4)C2)C3)cc1. The van der Waals surface area contributed by atoms with Gasteiger partial charge >= 0.3 is 6.03 Å². The summed E-state index contributed by atoms with van der Waals surface area (Å²) in [7, 11) is 2.14. The third-order valence-corrected chi connectivity index (χ3v) is 7.89. The fraction of sp³-hybridized carbons (Fsp3) is 0.696. The number of hydrogen-bond acceptors (Lipinski definition) is 2. The van der Waals surface area contributed by atoms with E-state index < -0.39 is 0 Å². The van der Waals surface area contributed by atoms with E-state index in [1.165, 1.54) is 43.2 Å². The third kappa shape index (κ3) is 3.06. The van der Waals surface area contributed by atoms with Gasteiger partial charge in [0.1, 0.15) is 0 Å². The summed E-state index contributed by atoms with van der Waals surface area (Å²) in [5, 5.41) is 3.58. The summed E-state index contributed by atoms with van der Waals surface area (Å²) in [5.74, 6) is 1.56. The summed E-state index contributed by atoms with van der Waals surface area (Å²) in [5.41, 5.74) is 3.16. The van der Waals surface area contributed by atoms with Crippen molar-refractivity contribution in [2.75, 3.05) is 33.2 Å². The normalized spacial score (nSPS) is 38.2. The first-order valence-electron chi connectivity index (χ1n) is 10.8. The molecule has 4 saturated carbocycles. The molecule has 0 spiro atoms. The predicted molar refractivity (Wildman–Crippen MR) is 108 cm³/mol. The summed E-state index contributed by atoms with van der Waals surface area (Å²) in [6, 6.07) is 9.44. The zero-order valence-electron chi connectivity index (χ0n) is 16.8. The molecule has 1 aromatic rings. The maximum atomic E-state index is 13.1. The highest BCUT2D eigenvalue weighted by molar-refractivity contribution is 5.75. The van der Waals surface area contributed by atoms with Gasteiger partial charge in [-0.25, -0.2) is 4.79 Å². The zero-order valence-corrected chi connectivity index (χ0v) is 16.8. The molecule has 4 bridgehead atoms. The number of likely N-dealkylation sites (N-methyl/N-ethyl adjacent to an activating group) is 1. The number of urea groups is 1. The van der Waals surface area contributed by atoms with E-state index in [1.54, 1.807) is 0 Å². The molecule has 1 N–H and O–H groups in total. The molecule has 146 valence electrons. The molecular weight excluding hydrogens is 334 g/mol. The van der Waals surface area contributed by atoms with Gasteiger partial charge in [0.05, 0.1) is 0 Å². The van der Waals surface area contributed by atoms with Gasteiger partial charge in [-0.1, -0.05) is 29.8 Å². The van der Waals surface area contributed by atoms with Gasteiger partial charge in [-0.3, -0.25) is 0 Å². The number of hydrogen-bond donors (Lipinski definition) is 1. The second kappa shape index (κ2) is 6.23. The molecule has 0 unspecified atom stereocenters. The van der Waals surface area contributed by atoms with E-state index >= 15 is 0 Å². The molecule has 1 heterocycles. The summed E-state index contributed by atoms with van der Waals surface area (Å²) in [4.78, 5) is 17.4. The number of amides is 2. The number of nitrogens with zero attached hydrogens (tertiary/aromatic N) is 2. The molecule has 6 rings (SSSR count). The van der Waals surface area contributed by atoms with Gasteiger partial charge in [0, 0.05) is 31.7 Å². The van der Waals surface area contributed by atoms with E-state index in [4.69, 9.17) is 0 Å². The van der Waals surface area contributed by atoms with Crippen LogP contribution in [0.4, 0.5) is 4.79 Å². The number of piperazine rings is 1. The predicted octanol–water partition coefficient (Wildman–Crippen LogP) is 3.54. The first-order valence-corrected chi connectivity index (χ1v) is 10.8. The highest BCUT2D eigenvalue weighted by Gasteiger charge is 2.58. The maximum absolute atomic E-state index is 13.1. The van der Waals surface area contributed by atoms with Gasteiger partial charge in [0.2, 0.25) is 0 Å². The largest absolute Gasteiger partial charge is 0.333 e. The van der Waals surface area contributed by atoms with Crippen molar-refractivity contribution < 1.29 is 4.79 Å². The van der Waals surface area contributed by atoms with E-state index in [9.17, 15) is 4.79 Å². The second-order valence-electron chi connectivity index (χ2n) is 10.1. The van der Waals surface area contributed by atoms with Crippen LogP contribution in [0.3, 0.4) is 0 Å². The molecule has 1 aromatic carbocycles. The fourth-order valence-corrected chi connectivity index (χ4v) is 6.97. The monoisotopic (exact) mass is 367 g/mol. The quantitative estimate of drug-likeness (QED) is 0.868. The molecule has 2 amide bonds. The standard InChI is InChI=1S/C23H33N3O/c1-17-3-5-20(6-4-17)22-12-18-11-19(13-22)15-23(14-18,16-22)24-21(27)26-9-7-25(2)8-10-26/h3-6,18-19H,7-16H2,1-2H3,(H,24,27)/t18-,19-,22?,23?/m1/s1. The maximum Gasteiger partial charge on any atom is 0.317 e. The summed E-state index contributed by atoms with van der Waals surface area (Å²) in [6.07, 6.45) is 7.53. The Kier molecular flexibility index (Phi) is 4.05. The molecule has 4 aliphatic carbocycles. The first-order chi connectivity index (χ1) is 13.0. The lowest BCUT2D eigenvalue weighted by molar-refractivity contribution is -0.0371. The van der Waals surface area contributed by atoms with Crippen LogP contribution in [-0.2, 0) is 5.41 Å². The van der Waals surface area contributed by atoms with Crippen LogP contribution in [0.1, 0.15) is 49.7 Å². The Morgan fingerprint density at radius 3 is 2.26 bits per heavy atom. The average molecular weight is 368 g/mol. The summed E-state index contributed by atoms with van der Waals surface area (Å²) >= 11 is 0. The van der Waals surface area contributed by atoms with Crippen LogP contribution in [0.5, 0.6) is 0 Å². The minimum Gasteiger partial charge on any atom is -0.333 e. The van der Waals surface area contributed by atoms with Crippen molar-refractivity contribution in [2.24, 2.45) is 11.8 Å². The van der Waals surface area contributed by atoms with E-state index in [-0.39, 0.29) is 17.0 Å². The Morgan fingerprint density at radius 1 is 1.00 bits per heavy atom. The minimum absolute atomic E-state index is 0.0232. The van der Waals surface area contributed by atoms with Crippen LogP contribution < -0.4 is 5.32 Å². The van der Waals surface area contributed by atoms with Crippen molar-refractivity contribution in [1.82, 2.24) is 15.1 Å². The molecule has 0 radical (unpaired) electrons. The molecule has 4 nitrogen and oxygen atoms in total. The van der Waals surface area contributed by atoms with E-state index in [1.807, 2.05) is 4.90 Å². The zero-order chi connectivity index (χ0) is 18.6. The molecule has 27 heavy (non-hydrogen) atoms. The summed E-state index contributed by atoms with van der Waals surface area (Å²) < 4.78 is 0. The van der Waals surface area contributed by atoms with Crippen LogP contribution in [0.15, 0.2) is 24.3 Å². The Labute approximate surface area is 163 Å². The van der Waals surface area contributed by atoms with Gasteiger partial charge in [0.15, 0.2) is 0 Å². The van der Waals surface area contributed by atoms with Crippen molar-refractivity contribution in [1.29, 1.82) is 0 Å². The van der Waals surface area contributed by atoms with Gasteiger partial charge in [-0.2, -0.15) is 0 Å². The lowest BCUT2D eigenvalue weighted by Crippen LogP contribution is -2.66.